The van der Waals surface area contributed by atoms with Crippen molar-refractivity contribution < 1.29 is 13.9 Å². The number of benzene rings is 1. The zero-order chi connectivity index (χ0) is 10.1. The number of pyridine rings is 1. The number of phenols is 1. The molecular weight excluding hydrogens is 202 g/mol. The Balaban J connectivity index is 2.88. The van der Waals surface area contributed by atoms with Gasteiger partial charge in [0, 0.05) is 11.6 Å². The lowest BCUT2D eigenvalue weighted by molar-refractivity contribution is 0.480. The molecule has 5 heteroatoms. The lowest BCUT2D eigenvalue weighted by Gasteiger charge is -2.02. The second kappa shape index (κ2) is 3.36. The average molecular weight is 209 g/mol. The molecule has 0 aliphatic carbocycles. The molecule has 0 amide bonds. The van der Waals surface area contributed by atoms with Gasteiger partial charge in [-0.2, -0.15) is 0 Å². The maximum absolute atomic E-state index is 10.9. The molecule has 1 aromatic heterocycles. The lowest BCUT2D eigenvalue weighted by atomic mass is 10.2. The molecule has 1 atom stereocenters. The van der Waals surface area contributed by atoms with E-state index in [2.05, 4.69) is 4.98 Å². The van der Waals surface area contributed by atoms with E-state index in [-0.39, 0.29) is 10.6 Å². The molecule has 0 bridgehead atoms. The van der Waals surface area contributed by atoms with Gasteiger partial charge in [-0.25, -0.2) is 4.21 Å². The molecule has 0 fully saturated rings. The summed E-state index contributed by atoms with van der Waals surface area (Å²) in [4.78, 5) is 4.18. The standard InChI is InChI=1S/C9H7NO3S/c11-7-3-4-8(14(12)13)6-2-1-5-10-9(6)7/h1-5,11H,(H,12,13). The summed E-state index contributed by atoms with van der Waals surface area (Å²) in [7, 11) is 0. The smallest absolute Gasteiger partial charge is 0.187 e. The molecule has 0 saturated heterocycles. The first kappa shape index (κ1) is 9.11. The van der Waals surface area contributed by atoms with Gasteiger partial charge in [0.05, 0.1) is 4.90 Å². The van der Waals surface area contributed by atoms with Crippen LogP contribution in [0.25, 0.3) is 10.9 Å². The van der Waals surface area contributed by atoms with Gasteiger partial charge in [-0.1, -0.05) is 0 Å². The molecule has 0 saturated carbocycles. The maximum atomic E-state index is 10.9. The number of hydrogen-bond donors (Lipinski definition) is 2. The number of rotatable bonds is 1. The van der Waals surface area contributed by atoms with Crippen LogP contribution in [0, 0.1) is 0 Å². The Morgan fingerprint density at radius 2 is 2.07 bits per heavy atom. The number of aromatic hydroxyl groups is 1. The molecule has 4 nitrogen and oxygen atoms in total. The van der Waals surface area contributed by atoms with E-state index in [9.17, 15) is 9.32 Å². The van der Waals surface area contributed by atoms with Crippen molar-refractivity contribution in [1.29, 1.82) is 0 Å². The van der Waals surface area contributed by atoms with Crippen LogP contribution >= 0.6 is 0 Å². The van der Waals surface area contributed by atoms with E-state index in [0.29, 0.717) is 10.9 Å². The monoisotopic (exact) mass is 209 g/mol. The highest BCUT2D eigenvalue weighted by Gasteiger charge is 2.09. The lowest BCUT2D eigenvalue weighted by Crippen LogP contribution is -1.91. The summed E-state index contributed by atoms with van der Waals surface area (Å²) in [6.45, 7) is 0. The Kier molecular flexibility index (Phi) is 2.18. The molecule has 2 rings (SSSR count). The largest absolute Gasteiger partial charge is 0.506 e. The van der Waals surface area contributed by atoms with Crippen molar-refractivity contribution >= 4 is 22.0 Å². The minimum atomic E-state index is -2.06. The fourth-order valence-corrected chi connectivity index (χ4v) is 1.82. The molecule has 2 N–H and O–H groups in total. The Bertz CT molecular complexity index is 512. The van der Waals surface area contributed by atoms with E-state index < -0.39 is 11.1 Å². The molecule has 0 spiro atoms. The molecule has 2 aromatic rings. The average Bonchev–Trinajstić information content (AvgIpc) is 2.18. The second-order valence-electron chi connectivity index (χ2n) is 2.73. The number of fused-ring (bicyclic) bond motifs is 1. The molecule has 14 heavy (non-hydrogen) atoms. The van der Waals surface area contributed by atoms with E-state index in [4.69, 9.17) is 4.55 Å². The van der Waals surface area contributed by atoms with Gasteiger partial charge in [0.15, 0.2) is 11.1 Å². The summed E-state index contributed by atoms with van der Waals surface area (Å²) >= 11 is -2.06. The fraction of sp³-hybridized carbons (Fsp3) is 0. The minimum Gasteiger partial charge on any atom is -0.506 e. The van der Waals surface area contributed by atoms with Crippen LogP contribution in [-0.2, 0) is 11.1 Å². The SMILES string of the molecule is O=S(O)c1ccc(O)c2ncccc12. The highest BCUT2D eigenvalue weighted by atomic mass is 32.2. The molecule has 1 unspecified atom stereocenters. The van der Waals surface area contributed by atoms with Crippen LogP contribution < -0.4 is 0 Å². The van der Waals surface area contributed by atoms with Crippen molar-refractivity contribution in [2.45, 2.75) is 4.90 Å². The fourth-order valence-electron chi connectivity index (χ4n) is 1.28. The molecular formula is C9H7NO3S. The van der Waals surface area contributed by atoms with Gasteiger partial charge in [0.25, 0.3) is 0 Å². The zero-order valence-electron chi connectivity index (χ0n) is 7.04. The van der Waals surface area contributed by atoms with Crippen molar-refractivity contribution in [3.8, 4) is 5.75 Å². The van der Waals surface area contributed by atoms with Crippen LogP contribution in [0.15, 0.2) is 35.4 Å². The van der Waals surface area contributed by atoms with Gasteiger partial charge in [0.1, 0.15) is 11.3 Å². The summed E-state index contributed by atoms with van der Waals surface area (Å²) in [6.07, 6.45) is 1.52. The predicted octanol–water partition coefficient (Wildman–Crippen LogP) is 1.52. The van der Waals surface area contributed by atoms with Crippen LogP contribution in [0.2, 0.25) is 0 Å². The van der Waals surface area contributed by atoms with Crippen molar-refractivity contribution in [1.82, 2.24) is 4.98 Å². The van der Waals surface area contributed by atoms with Crippen LogP contribution in [0.1, 0.15) is 0 Å². The maximum Gasteiger partial charge on any atom is 0.187 e. The Hall–Kier alpha value is -1.46. The third kappa shape index (κ3) is 1.36. The third-order valence-corrected chi connectivity index (χ3v) is 2.63. The molecule has 72 valence electrons. The summed E-state index contributed by atoms with van der Waals surface area (Å²) < 4.78 is 19.9. The van der Waals surface area contributed by atoms with Gasteiger partial charge in [0.2, 0.25) is 0 Å². The minimum absolute atomic E-state index is 0.00907. The van der Waals surface area contributed by atoms with Crippen LogP contribution in [0.3, 0.4) is 0 Å². The van der Waals surface area contributed by atoms with E-state index in [0.717, 1.165) is 0 Å². The van der Waals surface area contributed by atoms with Crippen LogP contribution in [0.5, 0.6) is 5.75 Å². The topological polar surface area (TPSA) is 70.4 Å². The third-order valence-electron chi connectivity index (χ3n) is 1.90. The number of nitrogens with zero attached hydrogens (tertiary/aromatic N) is 1. The number of aromatic nitrogens is 1. The molecule has 0 radical (unpaired) electrons. The number of hydrogen-bond acceptors (Lipinski definition) is 3. The van der Waals surface area contributed by atoms with Crippen LogP contribution in [0.4, 0.5) is 0 Å². The summed E-state index contributed by atoms with van der Waals surface area (Å²) in [5.74, 6) is 0.00907. The van der Waals surface area contributed by atoms with Crippen LogP contribution in [-0.4, -0.2) is 18.9 Å². The first-order valence-corrected chi connectivity index (χ1v) is 4.98. The molecule has 1 aromatic carbocycles. The van der Waals surface area contributed by atoms with Crippen molar-refractivity contribution in [2.24, 2.45) is 0 Å². The predicted molar refractivity (Wildman–Crippen MR) is 52.4 cm³/mol. The molecule has 0 aliphatic heterocycles. The Labute approximate surface area is 82.5 Å². The zero-order valence-corrected chi connectivity index (χ0v) is 7.86. The van der Waals surface area contributed by atoms with E-state index in [1.54, 1.807) is 12.1 Å². The number of phenolic OH excluding ortho intramolecular Hbond substituents is 1. The molecule has 1 heterocycles. The normalized spacial score (nSPS) is 12.9. The second-order valence-corrected chi connectivity index (χ2v) is 3.67. The first-order chi connectivity index (χ1) is 6.70. The highest BCUT2D eigenvalue weighted by Crippen LogP contribution is 2.26. The van der Waals surface area contributed by atoms with Crippen molar-refractivity contribution in [3.05, 3.63) is 30.5 Å². The summed E-state index contributed by atoms with van der Waals surface area (Å²) in [5.41, 5.74) is 0.340. The summed E-state index contributed by atoms with van der Waals surface area (Å²) in [6, 6.07) is 6.07. The van der Waals surface area contributed by atoms with Crippen molar-refractivity contribution in [3.63, 3.8) is 0 Å². The van der Waals surface area contributed by atoms with E-state index in [1.807, 2.05) is 0 Å². The van der Waals surface area contributed by atoms with Gasteiger partial charge in [-0.15, -0.1) is 0 Å². The molecule has 0 aliphatic rings. The van der Waals surface area contributed by atoms with E-state index in [1.165, 1.54) is 18.3 Å². The quantitative estimate of drug-likeness (QED) is 0.698. The van der Waals surface area contributed by atoms with E-state index >= 15 is 0 Å². The summed E-state index contributed by atoms with van der Waals surface area (Å²) in [5, 5.41) is 9.93. The Morgan fingerprint density at radius 1 is 1.29 bits per heavy atom. The highest BCUT2D eigenvalue weighted by molar-refractivity contribution is 7.79. The van der Waals surface area contributed by atoms with Crippen molar-refractivity contribution in [2.75, 3.05) is 0 Å². The van der Waals surface area contributed by atoms with Gasteiger partial charge >= 0.3 is 0 Å². The van der Waals surface area contributed by atoms with Gasteiger partial charge in [-0.05, 0) is 24.3 Å². The first-order valence-electron chi connectivity index (χ1n) is 3.87. The van der Waals surface area contributed by atoms with Gasteiger partial charge in [-0.3, -0.25) is 4.98 Å². The Morgan fingerprint density at radius 3 is 2.79 bits per heavy atom. The van der Waals surface area contributed by atoms with Gasteiger partial charge < -0.3 is 9.66 Å².